The molecular formula is C14H13Cs. The molecule has 15 heavy (non-hydrogen) atoms. The Morgan fingerprint density at radius 2 is 0.867 bits per heavy atom. The van der Waals surface area contributed by atoms with Crippen molar-refractivity contribution in [3.8, 4) is 0 Å². The maximum atomic E-state index is 2.12. The van der Waals surface area contributed by atoms with E-state index in [1.807, 2.05) is 36.4 Å². The van der Waals surface area contributed by atoms with Crippen LogP contribution in [0.4, 0.5) is 0 Å². The first-order valence-electron chi connectivity index (χ1n) is 4.73. The molecule has 0 unspecified atom stereocenters. The molecule has 0 N–H and O–H groups in total. The first-order valence-corrected chi connectivity index (χ1v) is 4.73. The van der Waals surface area contributed by atoms with Crippen LogP contribution in [-0.4, -0.2) is 68.9 Å². The Morgan fingerprint density at radius 3 is 1.20 bits per heavy atom. The Balaban J connectivity index is 0.00000112. The molecule has 0 spiro atoms. The van der Waals surface area contributed by atoms with E-state index >= 15 is 0 Å². The summed E-state index contributed by atoms with van der Waals surface area (Å²) in [5.41, 5.74) is 2.47. The van der Waals surface area contributed by atoms with E-state index in [-0.39, 0.29) is 68.9 Å². The van der Waals surface area contributed by atoms with Crippen LogP contribution in [0.3, 0.4) is 0 Å². The van der Waals surface area contributed by atoms with E-state index in [4.69, 9.17) is 0 Å². The molecule has 0 nitrogen and oxygen atoms in total. The molecule has 0 aliphatic heterocycles. The van der Waals surface area contributed by atoms with Crippen LogP contribution in [0.5, 0.6) is 0 Å². The number of rotatable bonds is 2. The van der Waals surface area contributed by atoms with Gasteiger partial charge in [0.2, 0.25) is 0 Å². The Morgan fingerprint density at radius 1 is 0.533 bits per heavy atom. The van der Waals surface area contributed by atoms with Crippen LogP contribution in [0.2, 0.25) is 0 Å². The third-order valence-corrected chi connectivity index (χ3v) is 2.07. The van der Waals surface area contributed by atoms with Crippen LogP contribution in [0.15, 0.2) is 60.7 Å². The van der Waals surface area contributed by atoms with Crippen molar-refractivity contribution >= 4 is 81.0 Å². The summed E-state index contributed by atoms with van der Waals surface area (Å²) in [6.45, 7) is 0. The number of hydrogen-bond acceptors (Lipinski definition) is 0. The van der Waals surface area contributed by atoms with Crippen molar-refractivity contribution in [2.75, 3.05) is 0 Å². The zero-order chi connectivity index (χ0) is 9.64. The molecule has 0 aromatic heterocycles. The summed E-state index contributed by atoms with van der Waals surface area (Å²) >= 11 is 0. The van der Waals surface area contributed by atoms with Crippen molar-refractivity contribution in [3.05, 3.63) is 71.8 Å². The monoisotopic (exact) mass is 314 g/mol. The van der Waals surface area contributed by atoms with Crippen LogP contribution in [0, 0.1) is 0 Å². The first-order chi connectivity index (χ1) is 6.95. The minimum absolute atomic E-state index is 0. The normalized spacial score (nSPS) is 9.87. The standard InChI is InChI=1S/C14H12.Cs.H/c1-3-7-13(8-4-1)11-12-14-9-5-2-6-10-14;;/h1-12H;;. The van der Waals surface area contributed by atoms with E-state index < -0.39 is 0 Å². The van der Waals surface area contributed by atoms with Gasteiger partial charge in [-0.2, -0.15) is 0 Å². The Hall–Kier alpha value is 0.232. The summed E-state index contributed by atoms with van der Waals surface area (Å²) in [6, 6.07) is 20.6. The molecule has 0 saturated carbocycles. The molecule has 1 heteroatoms. The van der Waals surface area contributed by atoms with Crippen LogP contribution in [0.25, 0.3) is 12.2 Å². The van der Waals surface area contributed by atoms with Gasteiger partial charge >= 0.3 is 68.9 Å². The van der Waals surface area contributed by atoms with Gasteiger partial charge in [-0.1, -0.05) is 72.8 Å². The predicted molar refractivity (Wildman–Crippen MR) is 69.0 cm³/mol. The molecule has 0 aliphatic rings. The zero-order valence-electron chi connectivity index (χ0n) is 7.93. The van der Waals surface area contributed by atoms with Crippen LogP contribution < -0.4 is 0 Å². The van der Waals surface area contributed by atoms with Crippen molar-refractivity contribution in [2.45, 2.75) is 0 Å². The van der Waals surface area contributed by atoms with Gasteiger partial charge in [0, 0.05) is 0 Å². The maximum absolute atomic E-state index is 2.12. The average Bonchev–Trinajstić information content (AvgIpc) is 2.29. The van der Waals surface area contributed by atoms with Gasteiger partial charge in [-0.3, -0.25) is 0 Å². The van der Waals surface area contributed by atoms with Crippen molar-refractivity contribution in [2.24, 2.45) is 0 Å². The second-order valence-electron chi connectivity index (χ2n) is 3.15. The van der Waals surface area contributed by atoms with E-state index in [0.29, 0.717) is 0 Å². The fourth-order valence-corrected chi connectivity index (χ4v) is 1.32. The predicted octanol–water partition coefficient (Wildman–Crippen LogP) is 3.21. The molecule has 0 bridgehead atoms. The molecule has 2 rings (SSSR count). The summed E-state index contributed by atoms with van der Waals surface area (Å²) in [4.78, 5) is 0. The van der Waals surface area contributed by atoms with Crippen LogP contribution >= 0.6 is 0 Å². The third kappa shape index (κ3) is 4.72. The molecule has 0 saturated heterocycles. The van der Waals surface area contributed by atoms with Crippen LogP contribution in [0.1, 0.15) is 11.1 Å². The van der Waals surface area contributed by atoms with Crippen molar-refractivity contribution in [1.29, 1.82) is 0 Å². The molecule has 0 fully saturated rings. The van der Waals surface area contributed by atoms with Crippen molar-refractivity contribution in [1.82, 2.24) is 0 Å². The summed E-state index contributed by atoms with van der Waals surface area (Å²) in [5, 5.41) is 0. The average molecular weight is 314 g/mol. The minimum atomic E-state index is 0. The van der Waals surface area contributed by atoms with E-state index in [0.717, 1.165) is 0 Å². The van der Waals surface area contributed by atoms with Gasteiger partial charge in [-0.15, -0.1) is 0 Å². The summed E-state index contributed by atoms with van der Waals surface area (Å²) < 4.78 is 0. The molecule has 0 atom stereocenters. The molecule has 0 aliphatic carbocycles. The quantitative estimate of drug-likeness (QED) is 0.747. The van der Waals surface area contributed by atoms with Gasteiger partial charge < -0.3 is 0 Å². The Labute approximate surface area is 150 Å². The van der Waals surface area contributed by atoms with Gasteiger partial charge in [0.15, 0.2) is 0 Å². The van der Waals surface area contributed by atoms with Gasteiger partial charge in [0.25, 0.3) is 0 Å². The first kappa shape index (κ1) is 13.3. The summed E-state index contributed by atoms with van der Waals surface area (Å²) in [5.74, 6) is 0. The SMILES string of the molecule is C(=Cc1ccccc1)c1ccccc1.[CsH]. The Kier molecular flexibility index (Phi) is 6.65. The molecule has 2 aromatic rings. The number of hydrogen-bond donors (Lipinski definition) is 0. The molecule has 70 valence electrons. The third-order valence-electron chi connectivity index (χ3n) is 2.07. The van der Waals surface area contributed by atoms with Crippen molar-refractivity contribution < 1.29 is 0 Å². The molecule has 2 aromatic carbocycles. The fourth-order valence-electron chi connectivity index (χ4n) is 1.32. The molecular weight excluding hydrogens is 301 g/mol. The second kappa shape index (κ2) is 7.50. The topological polar surface area (TPSA) is 0 Å². The fraction of sp³-hybridized carbons (Fsp3) is 0. The molecule has 0 amide bonds. The van der Waals surface area contributed by atoms with Gasteiger partial charge in [-0.25, -0.2) is 0 Å². The Bertz CT molecular complexity index is 362. The van der Waals surface area contributed by atoms with Gasteiger partial charge in [0.1, 0.15) is 0 Å². The van der Waals surface area contributed by atoms with Gasteiger partial charge in [-0.05, 0) is 11.1 Å². The van der Waals surface area contributed by atoms with Gasteiger partial charge in [0.05, 0.1) is 0 Å². The summed E-state index contributed by atoms with van der Waals surface area (Å²) in [7, 11) is 0. The van der Waals surface area contributed by atoms with E-state index in [1.165, 1.54) is 11.1 Å². The van der Waals surface area contributed by atoms with E-state index in [2.05, 4.69) is 36.4 Å². The van der Waals surface area contributed by atoms with E-state index in [1.54, 1.807) is 0 Å². The van der Waals surface area contributed by atoms with Crippen molar-refractivity contribution in [3.63, 3.8) is 0 Å². The molecule has 0 radical (unpaired) electrons. The second-order valence-corrected chi connectivity index (χ2v) is 3.15. The van der Waals surface area contributed by atoms with E-state index in [9.17, 15) is 0 Å². The van der Waals surface area contributed by atoms with Crippen LogP contribution in [-0.2, 0) is 0 Å². The number of benzene rings is 2. The summed E-state index contributed by atoms with van der Waals surface area (Å²) in [6.07, 6.45) is 4.24. The molecule has 0 heterocycles. The zero-order valence-corrected chi connectivity index (χ0v) is 7.93.